The summed E-state index contributed by atoms with van der Waals surface area (Å²) in [5.74, 6) is 0. The number of benzene rings is 1. The third kappa shape index (κ3) is 3.71. The largest absolute Gasteiger partial charge is 0.309 e. The first-order chi connectivity index (χ1) is 6.70. The van der Waals surface area contributed by atoms with Crippen molar-refractivity contribution in [1.82, 2.24) is 5.32 Å². The zero-order chi connectivity index (χ0) is 10.4. The Hall–Kier alpha value is -1.15. The van der Waals surface area contributed by atoms with Crippen LogP contribution in [0, 0.1) is 12.3 Å². The molecule has 0 aliphatic heterocycles. The van der Waals surface area contributed by atoms with Crippen molar-refractivity contribution in [2.24, 2.45) is 0 Å². The topological polar surface area (TPSA) is 35.9 Å². The summed E-state index contributed by atoms with van der Waals surface area (Å²) < 4.78 is 0. The van der Waals surface area contributed by atoms with Gasteiger partial charge in [0.1, 0.15) is 0 Å². The van der Waals surface area contributed by atoms with E-state index < -0.39 is 0 Å². The van der Waals surface area contributed by atoms with Gasteiger partial charge < -0.3 is 10.7 Å². The lowest BCUT2D eigenvalue weighted by molar-refractivity contribution is 0.654. The van der Waals surface area contributed by atoms with Crippen LogP contribution in [0.3, 0.4) is 0 Å². The van der Waals surface area contributed by atoms with Crippen LogP contribution >= 0.6 is 0 Å². The molecule has 1 aromatic carbocycles. The second-order valence-electron chi connectivity index (χ2n) is 3.44. The fourth-order valence-electron chi connectivity index (χ4n) is 1.20. The standard InChI is InChI=1S/C12H17N2/c1-10(13)11(2)14-9-8-12-6-4-3-5-7-12/h3-7,11,13-14H,1,8-9H2,2H3. The molecule has 2 heteroatoms. The monoisotopic (exact) mass is 189 g/mol. The molecule has 2 nitrogen and oxygen atoms in total. The maximum absolute atomic E-state index is 7.31. The highest BCUT2D eigenvalue weighted by molar-refractivity contribution is 5.90. The summed E-state index contributed by atoms with van der Waals surface area (Å²) in [6, 6.07) is 10.4. The molecule has 2 N–H and O–H groups in total. The van der Waals surface area contributed by atoms with Gasteiger partial charge in [-0.15, -0.1) is 0 Å². The van der Waals surface area contributed by atoms with Crippen molar-refractivity contribution in [3.63, 3.8) is 0 Å². The van der Waals surface area contributed by atoms with Gasteiger partial charge in [-0.1, -0.05) is 30.3 Å². The van der Waals surface area contributed by atoms with Gasteiger partial charge in [0.2, 0.25) is 0 Å². The molecular weight excluding hydrogens is 172 g/mol. The van der Waals surface area contributed by atoms with Gasteiger partial charge in [-0.05, 0) is 32.4 Å². The Labute approximate surface area is 85.9 Å². The predicted octanol–water partition coefficient (Wildman–Crippen LogP) is 2.06. The van der Waals surface area contributed by atoms with Crippen molar-refractivity contribution in [3.05, 3.63) is 42.8 Å². The Morgan fingerprint density at radius 3 is 2.64 bits per heavy atom. The molecule has 0 fully saturated rings. The zero-order valence-electron chi connectivity index (χ0n) is 8.59. The zero-order valence-corrected chi connectivity index (χ0v) is 8.59. The van der Waals surface area contributed by atoms with Crippen LogP contribution in [0.15, 0.2) is 30.3 Å². The smallest absolute Gasteiger partial charge is 0.0419 e. The van der Waals surface area contributed by atoms with Crippen molar-refractivity contribution in [3.8, 4) is 0 Å². The molecule has 0 spiro atoms. The van der Waals surface area contributed by atoms with E-state index in [9.17, 15) is 0 Å². The number of hydrogen-bond acceptors (Lipinski definition) is 2. The summed E-state index contributed by atoms with van der Waals surface area (Å²) in [5, 5.41) is 10.6. The second-order valence-corrected chi connectivity index (χ2v) is 3.44. The van der Waals surface area contributed by atoms with Crippen LogP contribution < -0.4 is 5.32 Å². The molecule has 75 valence electrons. The molecule has 0 aliphatic carbocycles. The van der Waals surface area contributed by atoms with Gasteiger partial charge in [0.25, 0.3) is 0 Å². The van der Waals surface area contributed by atoms with Gasteiger partial charge in [-0.25, -0.2) is 0 Å². The third-order valence-corrected chi connectivity index (χ3v) is 2.23. The molecule has 1 radical (unpaired) electrons. The summed E-state index contributed by atoms with van der Waals surface area (Å²) in [4.78, 5) is 0. The highest BCUT2D eigenvalue weighted by Crippen LogP contribution is 1.98. The van der Waals surface area contributed by atoms with E-state index in [4.69, 9.17) is 5.41 Å². The van der Waals surface area contributed by atoms with E-state index in [1.165, 1.54) is 5.56 Å². The minimum atomic E-state index is 0.0821. The van der Waals surface area contributed by atoms with E-state index in [-0.39, 0.29) is 6.04 Å². The average Bonchev–Trinajstić information content (AvgIpc) is 2.19. The summed E-state index contributed by atoms with van der Waals surface area (Å²) >= 11 is 0. The molecule has 0 saturated heterocycles. The Bertz CT molecular complexity index is 280. The fraction of sp³-hybridized carbons (Fsp3) is 0.333. The molecule has 1 rings (SSSR count). The van der Waals surface area contributed by atoms with E-state index in [0.29, 0.717) is 5.71 Å². The quantitative estimate of drug-likeness (QED) is 0.683. The van der Waals surface area contributed by atoms with Crippen LogP contribution in [-0.4, -0.2) is 18.3 Å². The van der Waals surface area contributed by atoms with Gasteiger partial charge in [0.15, 0.2) is 0 Å². The van der Waals surface area contributed by atoms with E-state index in [0.717, 1.165) is 13.0 Å². The van der Waals surface area contributed by atoms with Gasteiger partial charge in [-0.3, -0.25) is 0 Å². The van der Waals surface area contributed by atoms with Crippen molar-refractivity contribution in [2.45, 2.75) is 19.4 Å². The highest BCUT2D eigenvalue weighted by Gasteiger charge is 2.01. The molecule has 0 bridgehead atoms. The van der Waals surface area contributed by atoms with Gasteiger partial charge >= 0.3 is 0 Å². The molecule has 0 saturated carbocycles. The van der Waals surface area contributed by atoms with E-state index in [1.807, 2.05) is 25.1 Å². The maximum atomic E-state index is 7.31. The summed E-state index contributed by atoms with van der Waals surface area (Å²) in [7, 11) is 0. The molecule has 0 heterocycles. The molecule has 14 heavy (non-hydrogen) atoms. The van der Waals surface area contributed by atoms with Crippen LogP contribution in [0.1, 0.15) is 12.5 Å². The van der Waals surface area contributed by atoms with Crippen LogP contribution in [0.2, 0.25) is 0 Å². The molecule has 0 aliphatic rings. The van der Waals surface area contributed by atoms with E-state index in [2.05, 4.69) is 24.4 Å². The maximum Gasteiger partial charge on any atom is 0.0419 e. The first-order valence-corrected chi connectivity index (χ1v) is 4.88. The summed E-state index contributed by atoms with van der Waals surface area (Å²) in [5.41, 5.74) is 1.76. The van der Waals surface area contributed by atoms with E-state index >= 15 is 0 Å². The SMILES string of the molecule is [CH2]C(=N)C(C)NCCc1ccccc1. The Morgan fingerprint density at radius 1 is 1.43 bits per heavy atom. The van der Waals surface area contributed by atoms with Crippen molar-refractivity contribution < 1.29 is 0 Å². The molecule has 0 aromatic heterocycles. The van der Waals surface area contributed by atoms with Crippen LogP contribution in [0.5, 0.6) is 0 Å². The van der Waals surface area contributed by atoms with Gasteiger partial charge in [-0.2, -0.15) is 0 Å². The summed E-state index contributed by atoms with van der Waals surface area (Å²) in [6.45, 7) is 6.44. The lowest BCUT2D eigenvalue weighted by atomic mass is 10.1. The first kappa shape index (κ1) is 10.9. The third-order valence-electron chi connectivity index (χ3n) is 2.23. The number of nitrogens with one attached hydrogen (secondary N) is 2. The fourth-order valence-corrected chi connectivity index (χ4v) is 1.20. The predicted molar refractivity (Wildman–Crippen MR) is 60.7 cm³/mol. The van der Waals surface area contributed by atoms with Crippen LogP contribution in [-0.2, 0) is 6.42 Å². The molecule has 0 amide bonds. The molecule has 1 unspecified atom stereocenters. The first-order valence-electron chi connectivity index (χ1n) is 4.88. The Balaban J connectivity index is 2.26. The van der Waals surface area contributed by atoms with Crippen molar-refractivity contribution in [1.29, 1.82) is 5.41 Å². The minimum absolute atomic E-state index is 0.0821. The number of rotatable bonds is 5. The highest BCUT2D eigenvalue weighted by atomic mass is 14.9. The Morgan fingerprint density at radius 2 is 2.07 bits per heavy atom. The molecular formula is C12H17N2. The summed E-state index contributed by atoms with van der Waals surface area (Å²) in [6.07, 6.45) is 0.998. The van der Waals surface area contributed by atoms with Crippen molar-refractivity contribution >= 4 is 5.71 Å². The normalized spacial score (nSPS) is 12.4. The van der Waals surface area contributed by atoms with Gasteiger partial charge in [0.05, 0.1) is 0 Å². The van der Waals surface area contributed by atoms with Crippen LogP contribution in [0.4, 0.5) is 0 Å². The Kier molecular flexibility index (Phi) is 4.33. The van der Waals surface area contributed by atoms with Gasteiger partial charge in [0, 0.05) is 11.8 Å². The molecule has 1 aromatic rings. The van der Waals surface area contributed by atoms with Crippen LogP contribution in [0.25, 0.3) is 0 Å². The average molecular weight is 189 g/mol. The number of hydrogen-bond donors (Lipinski definition) is 2. The molecule has 1 atom stereocenters. The minimum Gasteiger partial charge on any atom is -0.309 e. The van der Waals surface area contributed by atoms with Crippen molar-refractivity contribution in [2.75, 3.05) is 6.54 Å². The lowest BCUT2D eigenvalue weighted by Gasteiger charge is -2.11. The second kappa shape index (κ2) is 5.55. The lowest BCUT2D eigenvalue weighted by Crippen LogP contribution is -2.33. The van der Waals surface area contributed by atoms with E-state index in [1.54, 1.807) is 0 Å².